The van der Waals surface area contributed by atoms with E-state index in [4.69, 9.17) is 4.74 Å². The van der Waals surface area contributed by atoms with E-state index in [2.05, 4.69) is 5.32 Å². The average Bonchev–Trinajstić information content (AvgIpc) is 2.89. The summed E-state index contributed by atoms with van der Waals surface area (Å²) in [7, 11) is 1.42. The van der Waals surface area contributed by atoms with Gasteiger partial charge in [0, 0.05) is 7.05 Å². The Morgan fingerprint density at radius 1 is 1.42 bits per heavy atom. The number of hydrogen-bond donors (Lipinski definition) is 2. The number of ether oxygens (including phenoxy) is 1. The fraction of sp³-hybridized carbons (Fsp3) is 0.353. The van der Waals surface area contributed by atoms with Gasteiger partial charge in [-0.25, -0.2) is 4.79 Å². The zero-order valence-electron chi connectivity index (χ0n) is 14.7. The van der Waals surface area contributed by atoms with Gasteiger partial charge in [-0.2, -0.15) is 0 Å². The number of carbonyl (C=O) groups excluding carboxylic acids is 3. The summed E-state index contributed by atoms with van der Waals surface area (Å²) in [4.78, 5) is 36.3. The number of amides is 2. The molecule has 0 aliphatic carbocycles. The normalized spacial score (nSPS) is 22.1. The minimum atomic E-state index is -1.45. The molecule has 1 fully saturated rings. The number of β-lactam (4-membered cyclic amide) rings is 1. The molecule has 0 spiro atoms. The predicted molar refractivity (Wildman–Crippen MR) is 83.9 cm³/mol. The van der Waals surface area contributed by atoms with E-state index in [1.807, 2.05) is 0 Å². The van der Waals surface area contributed by atoms with Crippen molar-refractivity contribution in [3.8, 4) is 5.75 Å². The number of hydrogen-bond acceptors (Lipinski definition) is 6. The van der Waals surface area contributed by atoms with E-state index in [0.717, 1.165) is 0 Å². The molecule has 1 aromatic carbocycles. The molecule has 0 bridgehead atoms. The third-order valence-corrected chi connectivity index (χ3v) is 4.52. The third-order valence-electron chi connectivity index (χ3n) is 4.52. The van der Waals surface area contributed by atoms with Crippen molar-refractivity contribution in [3.63, 3.8) is 0 Å². The first-order valence-corrected chi connectivity index (χ1v) is 7.80. The Morgan fingerprint density at radius 2 is 2.12 bits per heavy atom. The second-order valence-electron chi connectivity index (χ2n) is 6.03. The molecule has 26 heavy (non-hydrogen) atoms. The number of nitrogens with zero attached hydrogens (tertiary/aromatic N) is 1. The van der Waals surface area contributed by atoms with Gasteiger partial charge < -0.3 is 30.0 Å². The Bertz CT molecular complexity index is 791. The Balaban J connectivity index is 0.00000243. The Labute approximate surface area is 172 Å². The van der Waals surface area contributed by atoms with Crippen LogP contribution in [0.15, 0.2) is 30.0 Å². The van der Waals surface area contributed by atoms with Crippen molar-refractivity contribution in [3.05, 3.63) is 35.5 Å². The summed E-state index contributed by atoms with van der Waals surface area (Å²) in [6.07, 6.45) is -1.22. The van der Waals surface area contributed by atoms with Gasteiger partial charge in [0.1, 0.15) is 5.75 Å². The number of nitrogens with one attached hydrogen (secondary N) is 1. The number of carbonyl (C=O) groups is 3. The Kier molecular flexibility index (Phi) is 6.13. The van der Waals surface area contributed by atoms with Crippen LogP contribution in [0.3, 0.4) is 0 Å². The number of rotatable bonds is 4. The second-order valence-corrected chi connectivity index (χ2v) is 6.03. The van der Waals surface area contributed by atoms with Gasteiger partial charge >= 0.3 is 35.7 Å². The third kappa shape index (κ3) is 3.37. The number of aliphatic carboxylic acids is 1. The zero-order chi connectivity index (χ0) is 18.3. The summed E-state index contributed by atoms with van der Waals surface area (Å²) in [5.74, 6) is -2.26. The van der Waals surface area contributed by atoms with Crippen molar-refractivity contribution >= 4 is 23.5 Å². The van der Waals surface area contributed by atoms with E-state index >= 15 is 0 Å². The maximum Gasteiger partial charge on any atom is 1.00 e. The predicted octanol–water partition coefficient (Wildman–Crippen LogP) is -3.52. The van der Waals surface area contributed by atoms with Gasteiger partial charge in [-0.3, -0.25) is 4.79 Å². The van der Waals surface area contributed by atoms with E-state index < -0.39 is 36.0 Å². The number of carboxylic acids is 1. The van der Waals surface area contributed by atoms with Crippen LogP contribution >= 0.6 is 0 Å². The number of carboxylic acid groups (broad SMARTS) is 1. The van der Waals surface area contributed by atoms with Crippen LogP contribution in [-0.4, -0.2) is 47.2 Å². The zero-order valence-corrected chi connectivity index (χ0v) is 16.7. The molecule has 3 rings (SSSR count). The monoisotopic (exact) mass is 368 g/mol. The largest absolute Gasteiger partial charge is 1.00 e. The van der Waals surface area contributed by atoms with Gasteiger partial charge in [-0.1, -0.05) is 12.1 Å². The van der Waals surface area contributed by atoms with Crippen molar-refractivity contribution in [1.29, 1.82) is 0 Å². The SMILES string of the molecule is CNC(=O)Oc1cccc(C2=C(C(=O)[O-])N3C(=O)[C@H]([C@@H](C)O)[C@H]3C2)c1.[Na+]. The van der Waals surface area contributed by atoms with Crippen molar-refractivity contribution in [2.75, 3.05) is 7.05 Å². The van der Waals surface area contributed by atoms with Gasteiger partial charge in [-0.15, -0.1) is 0 Å². The molecule has 1 aromatic rings. The van der Waals surface area contributed by atoms with Gasteiger partial charge in [0.25, 0.3) is 0 Å². The van der Waals surface area contributed by atoms with E-state index in [0.29, 0.717) is 11.1 Å². The van der Waals surface area contributed by atoms with Crippen molar-refractivity contribution in [1.82, 2.24) is 10.2 Å². The molecule has 2 amide bonds. The minimum Gasteiger partial charge on any atom is -0.543 e. The van der Waals surface area contributed by atoms with Crippen molar-refractivity contribution in [2.45, 2.75) is 25.5 Å². The molecule has 2 aliphatic heterocycles. The number of aliphatic hydroxyl groups is 1. The minimum absolute atomic E-state index is 0. The first kappa shape index (κ1) is 20.4. The number of aliphatic hydroxyl groups excluding tert-OH is 1. The molecule has 8 nitrogen and oxygen atoms in total. The molecule has 0 unspecified atom stereocenters. The van der Waals surface area contributed by atoms with Crippen LogP contribution in [0, 0.1) is 5.92 Å². The van der Waals surface area contributed by atoms with E-state index in [9.17, 15) is 24.6 Å². The summed E-state index contributed by atoms with van der Waals surface area (Å²) < 4.78 is 5.05. The maximum absolute atomic E-state index is 12.2. The fourth-order valence-corrected chi connectivity index (χ4v) is 3.42. The van der Waals surface area contributed by atoms with E-state index in [-0.39, 0.29) is 47.4 Å². The molecule has 9 heteroatoms. The van der Waals surface area contributed by atoms with Crippen LogP contribution < -0.4 is 44.7 Å². The molecule has 3 atom stereocenters. The summed E-state index contributed by atoms with van der Waals surface area (Å²) >= 11 is 0. The molecule has 1 saturated heterocycles. The molecule has 0 radical (unpaired) electrons. The smallest absolute Gasteiger partial charge is 0.543 e. The summed E-state index contributed by atoms with van der Waals surface area (Å²) in [6.45, 7) is 1.51. The van der Waals surface area contributed by atoms with Crippen molar-refractivity contribution < 1.29 is 58.9 Å². The summed E-state index contributed by atoms with van der Waals surface area (Å²) in [5.41, 5.74) is 0.750. The molecule has 0 aromatic heterocycles. The Hall–Kier alpha value is -1.87. The first-order valence-electron chi connectivity index (χ1n) is 7.80. The summed E-state index contributed by atoms with van der Waals surface area (Å²) in [6, 6.07) is 5.98. The van der Waals surface area contributed by atoms with Gasteiger partial charge in [0.2, 0.25) is 5.91 Å². The quantitative estimate of drug-likeness (QED) is 0.420. The van der Waals surface area contributed by atoms with Gasteiger partial charge in [-0.05, 0) is 36.6 Å². The second kappa shape index (κ2) is 7.79. The number of fused-ring (bicyclic) bond motifs is 1. The van der Waals surface area contributed by atoms with Crippen molar-refractivity contribution in [2.24, 2.45) is 5.92 Å². The molecular weight excluding hydrogens is 351 g/mol. The number of benzene rings is 1. The Morgan fingerprint density at radius 3 is 2.69 bits per heavy atom. The van der Waals surface area contributed by atoms with Crippen LogP contribution in [0.5, 0.6) is 5.75 Å². The first-order chi connectivity index (χ1) is 11.8. The van der Waals surface area contributed by atoms with E-state index in [1.54, 1.807) is 18.2 Å². The molecule has 2 N–H and O–H groups in total. The summed E-state index contributed by atoms with van der Waals surface area (Å²) in [5, 5.41) is 23.7. The van der Waals surface area contributed by atoms with Crippen LogP contribution in [0.4, 0.5) is 4.79 Å². The van der Waals surface area contributed by atoms with Gasteiger partial charge in [0.05, 0.1) is 29.7 Å². The van der Waals surface area contributed by atoms with E-state index in [1.165, 1.54) is 24.9 Å². The molecule has 0 saturated carbocycles. The maximum atomic E-state index is 12.2. The molecule has 132 valence electrons. The van der Waals surface area contributed by atoms with Crippen LogP contribution in [0.2, 0.25) is 0 Å². The molecular formula is C17H17N2NaO6. The molecule has 2 heterocycles. The standard InChI is InChI=1S/C17H18N2O6.Na/c1-8(20)13-12-7-11(14(16(22)23)19(12)15(13)21)9-4-3-5-10(6-9)25-17(24)18-2;/h3-6,8,12-13,20H,7H2,1-2H3,(H,18,24)(H,22,23);/q;+1/p-1/t8-,12-,13-;/m1./s1. The average molecular weight is 368 g/mol. The molecule has 2 aliphatic rings. The van der Waals surface area contributed by atoms with Crippen LogP contribution in [0.25, 0.3) is 5.57 Å². The van der Waals surface area contributed by atoms with Crippen LogP contribution in [-0.2, 0) is 9.59 Å². The van der Waals surface area contributed by atoms with Crippen LogP contribution in [0.1, 0.15) is 18.9 Å². The topological polar surface area (TPSA) is 119 Å². The van der Waals surface area contributed by atoms with Gasteiger partial charge in [0.15, 0.2) is 0 Å². The fourth-order valence-electron chi connectivity index (χ4n) is 3.42.